The maximum absolute atomic E-state index is 12.9. The molecule has 1 heterocycles. The summed E-state index contributed by atoms with van der Waals surface area (Å²) < 4.78 is 0. The molecule has 1 amide bonds. The Hall–Kier alpha value is -3.88. The SMILES string of the molecule is Cc1cccc(C)c1NC(=O)CSc1nc(-c2ccccc2)cc(-c2ccc(C(C)(C)C)cc2)c1C#N. The van der Waals surface area contributed by atoms with Gasteiger partial charge in [-0.2, -0.15) is 5.26 Å². The minimum Gasteiger partial charge on any atom is -0.325 e. The topological polar surface area (TPSA) is 65.8 Å². The number of nitriles is 1. The third-order valence-electron chi connectivity index (χ3n) is 6.32. The summed E-state index contributed by atoms with van der Waals surface area (Å²) in [7, 11) is 0. The first kappa shape index (κ1) is 26.2. The van der Waals surface area contributed by atoms with E-state index in [-0.39, 0.29) is 17.1 Å². The van der Waals surface area contributed by atoms with Crippen molar-refractivity contribution in [2.75, 3.05) is 11.1 Å². The zero-order valence-electron chi connectivity index (χ0n) is 21.9. The van der Waals surface area contributed by atoms with Crippen LogP contribution in [-0.4, -0.2) is 16.6 Å². The lowest BCUT2D eigenvalue weighted by Crippen LogP contribution is -2.16. The van der Waals surface area contributed by atoms with Gasteiger partial charge in [0.1, 0.15) is 11.1 Å². The van der Waals surface area contributed by atoms with Crippen molar-refractivity contribution < 1.29 is 4.79 Å². The van der Waals surface area contributed by atoms with Crippen LogP contribution in [0.1, 0.15) is 43.0 Å². The van der Waals surface area contributed by atoms with Crippen LogP contribution >= 0.6 is 11.8 Å². The Balaban J connectivity index is 1.71. The van der Waals surface area contributed by atoms with Crippen molar-refractivity contribution >= 4 is 23.4 Å². The zero-order chi connectivity index (χ0) is 26.6. The Morgan fingerprint density at radius 2 is 1.57 bits per heavy atom. The number of rotatable bonds is 6. The molecule has 1 N–H and O–H groups in total. The highest BCUT2D eigenvalue weighted by molar-refractivity contribution is 8.00. The van der Waals surface area contributed by atoms with Crippen LogP contribution in [0.25, 0.3) is 22.4 Å². The smallest absolute Gasteiger partial charge is 0.234 e. The van der Waals surface area contributed by atoms with Crippen LogP contribution in [0.5, 0.6) is 0 Å². The number of anilines is 1. The number of aryl methyl sites for hydroxylation is 2. The van der Waals surface area contributed by atoms with E-state index in [0.29, 0.717) is 10.6 Å². The second kappa shape index (κ2) is 11.0. The first-order chi connectivity index (χ1) is 17.7. The number of pyridine rings is 1. The van der Waals surface area contributed by atoms with Gasteiger partial charge in [0.05, 0.1) is 17.0 Å². The number of nitrogens with one attached hydrogen (secondary N) is 1. The minimum atomic E-state index is -0.130. The fourth-order valence-electron chi connectivity index (χ4n) is 4.19. The summed E-state index contributed by atoms with van der Waals surface area (Å²) in [6.07, 6.45) is 0. The maximum atomic E-state index is 12.9. The molecule has 3 aromatic carbocycles. The van der Waals surface area contributed by atoms with Gasteiger partial charge >= 0.3 is 0 Å². The van der Waals surface area contributed by atoms with Crippen LogP contribution in [0.3, 0.4) is 0 Å². The number of aromatic nitrogens is 1. The molecule has 5 heteroatoms. The van der Waals surface area contributed by atoms with E-state index >= 15 is 0 Å². The summed E-state index contributed by atoms with van der Waals surface area (Å²) in [6.45, 7) is 10.5. The van der Waals surface area contributed by atoms with Crippen LogP contribution in [0, 0.1) is 25.2 Å². The normalized spacial score (nSPS) is 11.1. The molecule has 1 aromatic heterocycles. The molecule has 0 spiro atoms. The average Bonchev–Trinajstić information content (AvgIpc) is 2.89. The van der Waals surface area contributed by atoms with Crippen LogP contribution in [0.2, 0.25) is 0 Å². The van der Waals surface area contributed by atoms with Gasteiger partial charge in [0, 0.05) is 16.8 Å². The monoisotopic (exact) mass is 505 g/mol. The van der Waals surface area contributed by atoms with Crippen molar-refractivity contribution in [1.29, 1.82) is 5.26 Å². The van der Waals surface area contributed by atoms with Gasteiger partial charge in [0.2, 0.25) is 5.91 Å². The van der Waals surface area contributed by atoms with E-state index in [1.54, 1.807) is 0 Å². The van der Waals surface area contributed by atoms with Gasteiger partial charge in [-0.1, -0.05) is 105 Å². The highest BCUT2D eigenvalue weighted by atomic mass is 32.2. The Morgan fingerprint density at radius 1 is 0.919 bits per heavy atom. The highest BCUT2D eigenvalue weighted by Gasteiger charge is 2.19. The molecule has 0 fully saturated rings. The number of amides is 1. The Morgan fingerprint density at radius 3 is 2.16 bits per heavy atom. The third kappa shape index (κ3) is 6.10. The number of carbonyl (C=O) groups excluding carboxylic acids is 1. The summed E-state index contributed by atoms with van der Waals surface area (Å²) in [5, 5.41) is 13.8. The maximum Gasteiger partial charge on any atom is 0.234 e. The second-order valence-electron chi connectivity index (χ2n) is 10.1. The molecule has 4 aromatic rings. The van der Waals surface area contributed by atoms with E-state index in [1.165, 1.54) is 17.3 Å². The molecular weight excluding hydrogens is 474 g/mol. The molecular formula is C32H31N3OS. The predicted octanol–water partition coefficient (Wildman–Crippen LogP) is 7.93. The Labute approximate surface area is 223 Å². The van der Waals surface area contributed by atoms with Crippen molar-refractivity contribution in [3.05, 3.63) is 101 Å². The molecule has 37 heavy (non-hydrogen) atoms. The van der Waals surface area contributed by atoms with Crippen LogP contribution < -0.4 is 5.32 Å². The van der Waals surface area contributed by atoms with Crippen molar-refractivity contribution in [3.63, 3.8) is 0 Å². The largest absolute Gasteiger partial charge is 0.325 e. The van der Waals surface area contributed by atoms with E-state index in [2.05, 4.69) is 56.4 Å². The fourth-order valence-corrected chi connectivity index (χ4v) is 4.99. The van der Waals surface area contributed by atoms with Crippen molar-refractivity contribution in [3.8, 4) is 28.5 Å². The Bertz CT molecular complexity index is 1440. The quantitative estimate of drug-likeness (QED) is 0.270. The number of hydrogen-bond acceptors (Lipinski definition) is 4. The van der Waals surface area contributed by atoms with Gasteiger partial charge in [-0.15, -0.1) is 0 Å². The Kier molecular flexibility index (Phi) is 7.80. The lowest BCUT2D eigenvalue weighted by Gasteiger charge is -2.19. The molecule has 186 valence electrons. The number of benzene rings is 3. The molecule has 4 rings (SSSR count). The van der Waals surface area contributed by atoms with E-state index < -0.39 is 0 Å². The predicted molar refractivity (Wildman–Crippen MR) is 154 cm³/mol. The van der Waals surface area contributed by atoms with Gasteiger partial charge in [0.15, 0.2) is 0 Å². The lowest BCUT2D eigenvalue weighted by atomic mass is 9.86. The van der Waals surface area contributed by atoms with Gasteiger partial charge in [0.25, 0.3) is 0 Å². The minimum absolute atomic E-state index is 0.0356. The van der Waals surface area contributed by atoms with E-state index in [0.717, 1.165) is 39.2 Å². The summed E-state index contributed by atoms with van der Waals surface area (Å²) in [4.78, 5) is 17.7. The molecule has 0 radical (unpaired) electrons. The summed E-state index contributed by atoms with van der Waals surface area (Å²) in [6, 6.07) is 28.5. The number of hydrogen-bond donors (Lipinski definition) is 1. The van der Waals surface area contributed by atoms with Gasteiger partial charge < -0.3 is 5.32 Å². The molecule has 4 nitrogen and oxygen atoms in total. The van der Waals surface area contributed by atoms with Gasteiger partial charge in [-0.3, -0.25) is 4.79 Å². The molecule has 0 saturated heterocycles. The fraction of sp³-hybridized carbons (Fsp3) is 0.219. The highest BCUT2D eigenvalue weighted by Crippen LogP contribution is 2.35. The third-order valence-corrected chi connectivity index (χ3v) is 7.29. The number of para-hydroxylation sites is 1. The summed E-state index contributed by atoms with van der Waals surface area (Å²) >= 11 is 1.29. The number of thioether (sulfide) groups is 1. The van der Waals surface area contributed by atoms with E-state index in [1.807, 2.05) is 68.4 Å². The molecule has 0 aliphatic heterocycles. The van der Waals surface area contributed by atoms with Crippen molar-refractivity contribution in [2.24, 2.45) is 0 Å². The van der Waals surface area contributed by atoms with Gasteiger partial charge in [-0.05, 0) is 47.6 Å². The first-order valence-electron chi connectivity index (χ1n) is 12.3. The molecule has 0 unspecified atom stereocenters. The summed E-state index contributed by atoms with van der Waals surface area (Å²) in [5.41, 5.74) is 8.10. The second-order valence-corrected chi connectivity index (χ2v) is 11.1. The standard InChI is InChI=1S/C32H31N3OS/c1-21-10-9-11-22(2)30(21)35-29(36)20-37-31-27(19-33)26(18-28(34-31)24-12-7-6-8-13-24)23-14-16-25(17-15-23)32(3,4)5/h6-18H,20H2,1-5H3,(H,35,36). The van der Waals surface area contributed by atoms with Crippen molar-refractivity contribution in [2.45, 2.75) is 45.1 Å². The van der Waals surface area contributed by atoms with Crippen molar-refractivity contribution in [1.82, 2.24) is 4.98 Å². The summed E-state index contributed by atoms with van der Waals surface area (Å²) in [5.74, 6) is 0.0186. The first-order valence-corrected chi connectivity index (χ1v) is 13.3. The van der Waals surface area contributed by atoms with E-state index in [4.69, 9.17) is 4.98 Å². The van der Waals surface area contributed by atoms with E-state index in [9.17, 15) is 10.1 Å². The van der Waals surface area contributed by atoms with Crippen LogP contribution in [0.15, 0.2) is 83.9 Å². The average molecular weight is 506 g/mol. The van der Waals surface area contributed by atoms with Crippen LogP contribution in [0.4, 0.5) is 5.69 Å². The number of carbonyl (C=O) groups is 1. The molecule has 0 atom stereocenters. The molecule has 0 aliphatic carbocycles. The number of nitrogens with zero attached hydrogens (tertiary/aromatic N) is 2. The lowest BCUT2D eigenvalue weighted by molar-refractivity contribution is -0.113. The molecule has 0 bridgehead atoms. The zero-order valence-corrected chi connectivity index (χ0v) is 22.7. The van der Waals surface area contributed by atoms with Crippen LogP contribution in [-0.2, 0) is 10.2 Å². The molecule has 0 aliphatic rings. The van der Waals surface area contributed by atoms with Gasteiger partial charge in [-0.25, -0.2) is 4.98 Å². The molecule has 0 saturated carbocycles.